The third kappa shape index (κ3) is 32.3. The van der Waals surface area contributed by atoms with Crippen molar-refractivity contribution in [1.82, 2.24) is 5.32 Å². The van der Waals surface area contributed by atoms with Gasteiger partial charge < -0.3 is 35.2 Å². The molecule has 1 aliphatic heterocycles. The maximum atomic E-state index is 13.1. The van der Waals surface area contributed by atoms with Gasteiger partial charge in [0.2, 0.25) is 5.91 Å². The number of amides is 1. The lowest BCUT2D eigenvalue weighted by atomic mass is 9.99. The van der Waals surface area contributed by atoms with E-state index in [9.17, 15) is 38.2 Å². The first-order chi connectivity index (χ1) is 30.0. The highest BCUT2D eigenvalue weighted by atomic mass is 32.3. The largest absolute Gasteiger partial charge is 0.397 e. The summed E-state index contributed by atoms with van der Waals surface area (Å²) in [6, 6.07) is -0.863. The van der Waals surface area contributed by atoms with Gasteiger partial charge in [0, 0.05) is 6.42 Å². The lowest BCUT2D eigenvalue weighted by molar-refractivity contribution is -0.298. The molecule has 0 aromatic rings. The fourth-order valence-electron chi connectivity index (χ4n) is 8.10. The number of hydrogen-bond acceptors (Lipinski definition) is 10. The number of aliphatic hydroxyl groups is 4. The molecule has 0 bridgehead atoms. The molecule has 0 aromatic carbocycles. The molecule has 1 heterocycles. The van der Waals surface area contributed by atoms with Gasteiger partial charge in [-0.3, -0.25) is 9.35 Å². The van der Waals surface area contributed by atoms with Gasteiger partial charge in [-0.25, -0.2) is 4.18 Å². The van der Waals surface area contributed by atoms with Gasteiger partial charge in [0.15, 0.2) is 6.29 Å². The van der Waals surface area contributed by atoms with Crippen molar-refractivity contribution in [2.24, 2.45) is 0 Å². The van der Waals surface area contributed by atoms with Crippen LogP contribution in [0.15, 0.2) is 24.3 Å². The van der Waals surface area contributed by atoms with Crippen LogP contribution in [0.1, 0.15) is 226 Å². The van der Waals surface area contributed by atoms with Crippen molar-refractivity contribution in [3.63, 3.8) is 0 Å². The van der Waals surface area contributed by atoms with Crippen LogP contribution in [0, 0.1) is 0 Å². The number of unbranched alkanes of at least 4 members (excludes halogenated alkanes) is 28. The second-order valence-corrected chi connectivity index (χ2v) is 18.8. The quantitative estimate of drug-likeness (QED) is 0.0194. The van der Waals surface area contributed by atoms with E-state index in [4.69, 9.17) is 9.47 Å². The van der Waals surface area contributed by atoms with E-state index in [2.05, 4.69) is 47.7 Å². The van der Waals surface area contributed by atoms with Gasteiger partial charge >= 0.3 is 10.4 Å². The monoisotopic (exact) mass is 904 g/mol. The van der Waals surface area contributed by atoms with Crippen LogP contribution < -0.4 is 5.32 Å². The molecule has 0 spiro atoms. The molecule has 62 heavy (non-hydrogen) atoms. The van der Waals surface area contributed by atoms with Gasteiger partial charge in [0.05, 0.1) is 25.4 Å². The molecule has 13 heteroatoms. The third-order valence-corrected chi connectivity index (χ3v) is 12.5. The molecule has 6 N–H and O–H groups in total. The Hall–Kier alpha value is -1.42. The highest BCUT2D eigenvalue weighted by Gasteiger charge is 2.48. The molecule has 1 rings (SSSR count). The summed E-state index contributed by atoms with van der Waals surface area (Å²) >= 11 is 0. The Labute approximate surface area is 378 Å². The maximum absolute atomic E-state index is 13.1. The number of carbonyl (C=O) groups is 1. The van der Waals surface area contributed by atoms with Crippen molar-refractivity contribution < 1.29 is 51.8 Å². The fourth-order valence-corrected chi connectivity index (χ4v) is 8.61. The first kappa shape index (κ1) is 58.6. The molecule has 0 radical (unpaired) electrons. The predicted molar refractivity (Wildman–Crippen MR) is 250 cm³/mol. The van der Waals surface area contributed by atoms with Gasteiger partial charge in [-0.15, -0.1) is 0 Å². The zero-order chi connectivity index (χ0) is 45.5. The molecular weight excluding hydrogens is 811 g/mol. The standard InChI is InChI=1S/C49H93NO11S/c1-3-5-7-9-11-13-15-17-19-20-21-22-23-25-26-28-30-32-34-36-38-43(52)42(41-59-49-47(55)48(61-62(56,57)58)46(54)44(40-51)60-49)50-45(53)39-37-35-33-31-29-27-24-18-16-14-12-10-8-6-4-2/h12,14,16,18,42-44,46-49,51-52,54-55H,3-11,13,15,17,19-41H2,1-2H3,(H,50,53)(H,56,57,58)/b14-12-,18-16-. The van der Waals surface area contributed by atoms with E-state index >= 15 is 0 Å². The zero-order valence-electron chi connectivity index (χ0n) is 39.2. The van der Waals surface area contributed by atoms with Crippen LogP contribution in [0.3, 0.4) is 0 Å². The summed E-state index contributed by atoms with van der Waals surface area (Å²) in [5, 5.41) is 44.9. The topological polar surface area (TPSA) is 192 Å². The second kappa shape index (κ2) is 39.9. The van der Waals surface area contributed by atoms with E-state index in [1.165, 1.54) is 122 Å². The van der Waals surface area contributed by atoms with E-state index in [0.29, 0.717) is 12.8 Å². The summed E-state index contributed by atoms with van der Waals surface area (Å²) in [5.74, 6) is -0.240. The number of allylic oxidation sites excluding steroid dienone is 4. The van der Waals surface area contributed by atoms with Crippen LogP contribution in [-0.4, -0.2) is 95.4 Å². The summed E-state index contributed by atoms with van der Waals surface area (Å²) < 4.78 is 47.7. The van der Waals surface area contributed by atoms with Gasteiger partial charge in [0.1, 0.15) is 24.4 Å². The number of rotatable bonds is 43. The van der Waals surface area contributed by atoms with Crippen molar-refractivity contribution in [2.75, 3.05) is 13.2 Å². The van der Waals surface area contributed by atoms with Crippen LogP contribution in [-0.2, 0) is 28.9 Å². The number of ether oxygens (including phenoxy) is 2. The number of carbonyl (C=O) groups excluding carboxylic acids is 1. The Morgan fingerprint density at radius 2 is 1.06 bits per heavy atom. The van der Waals surface area contributed by atoms with Gasteiger partial charge in [0.25, 0.3) is 0 Å². The summed E-state index contributed by atoms with van der Waals surface area (Å²) in [6.07, 6.45) is 37.4. The van der Waals surface area contributed by atoms with Crippen molar-refractivity contribution in [3.05, 3.63) is 24.3 Å². The zero-order valence-corrected chi connectivity index (χ0v) is 40.0. The average Bonchev–Trinajstić information content (AvgIpc) is 3.24. The summed E-state index contributed by atoms with van der Waals surface area (Å²) in [6.45, 7) is 3.43. The first-order valence-electron chi connectivity index (χ1n) is 25.2. The minimum absolute atomic E-state index is 0.240. The van der Waals surface area contributed by atoms with Crippen molar-refractivity contribution >= 4 is 16.3 Å². The SMILES string of the molecule is CCCCC/C=C\C=C/CCCCCCCCC(=O)NC(COC1OC(CO)C(O)C(OS(=O)(=O)O)C1O)C(O)CCCCCCCCCCCCCCCCCCCCCC. The first-order valence-corrected chi connectivity index (χ1v) is 26.6. The van der Waals surface area contributed by atoms with Crippen LogP contribution in [0.2, 0.25) is 0 Å². The minimum atomic E-state index is -5.08. The summed E-state index contributed by atoms with van der Waals surface area (Å²) in [4.78, 5) is 13.1. The molecule has 366 valence electrons. The summed E-state index contributed by atoms with van der Waals surface area (Å²) in [5.41, 5.74) is 0. The Bertz CT molecular complexity index is 1200. The average molecular weight is 904 g/mol. The van der Waals surface area contributed by atoms with Gasteiger partial charge in [-0.2, -0.15) is 8.42 Å². The smallest absolute Gasteiger partial charge is 0.394 e. The van der Waals surface area contributed by atoms with Crippen LogP contribution in [0.4, 0.5) is 0 Å². The normalized spacial score (nSPS) is 20.7. The molecule has 1 amide bonds. The van der Waals surface area contributed by atoms with Crippen molar-refractivity contribution in [3.8, 4) is 0 Å². The lowest BCUT2D eigenvalue weighted by Gasteiger charge is -2.41. The lowest BCUT2D eigenvalue weighted by Crippen LogP contribution is -2.61. The van der Waals surface area contributed by atoms with E-state index in [0.717, 1.165) is 70.6 Å². The number of aliphatic hydroxyl groups excluding tert-OH is 4. The molecule has 7 atom stereocenters. The van der Waals surface area contributed by atoms with Crippen molar-refractivity contribution in [1.29, 1.82) is 0 Å². The van der Waals surface area contributed by atoms with Gasteiger partial charge in [-0.05, 0) is 38.5 Å². The molecular formula is C49H93NO11S. The Balaban J connectivity index is 2.44. The Morgan fingerprint density at radius 1 is 0.645 bits per heavy atom. The van der Waals surface area contributed by atoms with E-state index < -0.39 is 59.9 Å². The molecule has 1 fully saturated rings. The maximum Gasteiger partial charge on any atom is 0.397 e. The molecule has 0 saturated carbocycles. The molecule has 0 aromatic heterocycles. The van der Waals surface area contributed by atoms with Crippen LogP contribution >= 0.6 is 0 Å². The van der Waals surface area contributed by atoms with E-state index in [-0.39, 0.29) is 18.9 Å². The minimum Gasteiger partial charge on any atom is -0.394 e. The molecule has 1 aliphatic rings. The van der Waals surface area contributed by atoms with E-state index in [1.54, 1.807) is 0 Å². The summed E-state index contributed by atoms with van der Waals surface area (Å²) in [7, 11) is -5.08. The third-order valence-electron chi connectivity index (χ3n) is 12.0. The predicted octanol–water partition coefficient (Wildman–Crippen LogP) is 10.5. The van der Waals surface area contributed by atoms with Crippen LogP contribution in [0.5, 0.6) is 0 Å². The van der Waals surface area contributed by atoms with Crippen LogP contribution in [0.25, 0.3) is 0 Å². The highest BCUT2D eigenvalue weighted by molar-refractivity contribution is 7.80. The molecule has 0 aliphatic carbocycles. The number of nitrogens with one attached hydrogen (secondary N) is 1. The second-order valence-electron chi connectivity index (χ2n) is 17.8. The molecule has 7 unspecified atom stereocenters. The van der Waals surface area contributed by atoms with E-state index in [1.807, 2.05) is 0 Å². The van der Waals surface area contributed by atoms with Gasteiger partial charge in [-0.1, -0.05) is 205 Å². The number of hydrogen-bond donors (Lipinski definition) is 6. The Morgan fingerprint density at radius 3 is 1.53 bits per heavy atom. The highest BCUT2D eigenvalue weighted by Crippen LogP contribution is 2.26. The Kier molecular flexibility index (Phi) is 37.7. The van der Waals surface area contributed by atoms with Crippen molar-refractivity contribution in [2.45, 2.75) is 269 Å². The fraction of sp³-hybridized carbons (Fsp3) is 0.898. The molecule has 12 nitrogen and oxygen atoms in total. The molecule has 1 saturated heterocycles.